The van der Waals surface area contributed by atoms with Crippen molar-refractivity contribution >= 4 is 29.2 Å². The predicted molar refractivity (Wildman–Crippen MR) is 52.3 cm³/mol. The number of nitrogens with one attached hydrogen (secondary N) is 1. The van der Waals surface area contributed by atoms with Crippen molar-refractivity contribution in [1.29, 1.82) is 0 Å². The minimum Gasteiger partial charge on any atom is -0.280 e. The van der Waals surface area contributed by atoms with Crippen LogP contribution < -0.4 is 10.2 Å². The minimum absolute atomic E-state index is 0.262. The topological polar surface area (TPSA) is 49.4 Å². The van der Waals surface area contributed by atoms with Crippen molar-refractivity contribution in [2.45, 2.75) is 0 Å². The van der Waals surface area contributed by atoms with Gasteiger partial charge in [0, 0.05) is 6.07 Å². The molecule has 16 heavy (non-hydrogen) atoms. The molecule has 1 aromatic carbocycles. The zero-order chi connectivity index (χ0) is 11.9. The highest BCUT2D eigenvalue weighted by atomic mass is 35.5. The number of carbonyl (C=O) groups excluding carboxylic acids is 2. The number of nitrogens with zero attached hydrogens (tertiary/aromatic N) is 1. The van der Waals surface area contributed by atoms with Gasteiger partial charge in [-0.2, -0.15) is 0 Å². The Bertz CT molecular complexity index is 469. The molecule has 1 saturated heterocycles. The first kappa shape index (κ1) is 10.8. The SMILES string of the molecule is O=C1CN(c2c(F)cc(F)cc2Cl)C(=O)N1. The van der Waals surface area contributed by atoms with E-state index in [1.54, 1.807) is 0 Å². The Balaban J connectivity index is 2.48. The molecule has 1 aromatic rings. The van der Waals surface area contributed by atoms with Crippen LogP contribution in [-0.2, 0) is 4.79 Å². The van der Waals surface area contributed by atoms with Gasteiger partial charge >= 0.3 is 6.03 Å². The number of rotatable bonds is 1. The number of imide groups is 1. The van der Waals surface area contributed by atoms with Crippen molar-refractivity contribution in [1.82, 2.24) is 5.32 Å². The number of amides is 3. The molecule has 1 N–H and O–H groups in total. The molecule has 4 nitrogen and oxygen atoms in total. The molecule has 1 fully saturated rings. The van der Waals surface area contributed by atoms with E-state index in [0.29, 0.717) is 6.07 Å². The number of hydrogen-bond acceptors (Lipinski definition) is 2. The second-order valence-corrected chi connectivity index (χ2v) is 3.56. The third kappa shape index (κ3) is 1.71. The van der Waals surface area contributed by atoms with E-state index in [1.165, 1.54) is 0 Å². The first-order valence-corrected chi connectivity index (χ1v) is 4.62. The van der Waals surface area contributed by atoms with Crippen molar-refractivity contribution in [3.05, 3.63) is 28.8 Å². The summed E-state index contributed by atoms with van der Waals surface area (Å²) >= 11 is 5.61. The normalized spacial score (nSPS) is 15.6. The molecule has 2 rings (SSSR count). The highest BCUT2D eigenvalue weighted by Gasteiger charge is 2.31. The van der Waals surface area contributed by atoms with Gasteiger partial charge in [-0.3, -0.25) is 15.0 Å². The lowest BCUT2D eigenvalue weighted by Gasteiger charge is -2.15. The van der Waals surface area contributed by atoms with Gasteiger partial charge in [0.25, 0.3) is 0 Å². The van der Waals surface area contributed by atoms with Gasteiger partial charge < -0.3 is 0 Å². The van der Waals surface area contributed by atoms with Crippen molar-refractivity contribution < 1.29 is 18.4 Å². The molecule has 0 aromatic heterocycles. The van der Waals surface area contributed by atoms with E-state index < -0.39 is 23.6 Å². The van der Waals surface area contributed by atoms with Crippen molar-refractivity contribution in [2.75, 3.05) is 11.4 Å². The van der Waals surface area contributed by atoms with Crippen LogP contribution in [0, 0.1) is 11.6 Å². The smallest absolute Gasteiger partial charge is 0.280 e. The maximum atomic E-state index is 13.4. The predicted octanol–water partition coefficient (Wildman–Crippen LogP) is 1.67. The minimum atomic E-state index is -0.991. The Kier molecular flexibility index (Phi) is 2.51. The molecule has 0 bridgehead atoms. The van der Waals surface area contributed by atoms with Crippen LogP contribution in [0.4, 0.5) is 19.3 Å². The molecule has 3 amide bonds. The third-order valence-electron chi connectivity index (χ3n) is 2.04. The first-order valence-electron chi connectivity index (χ1n) is 4.25. The molecular formula is C9H5ClF2N2O2. The Labute approximate surface area is 93.8 Å². The van der Waals surface area contributed by atoms with Gasteiger partial charge in [0.1, 0.15) is 18.0 Å². The zero-order valence-electron chi connectivity index (χ0n) is 7.76. The van der Waals surface area contributed by atoms with Crippen LogP contribution in [-0.4, -0.2) is 18.5 Å². The molecule has 1 aliphatic rings. The average Bonchev–Trinajstić information content (AvgIpc) is 2.43. The molecule has 1 aliphatic heterocycles. The summed E-state index contributed by atoms with van der Waals surface area (Å²) < 4.78 is 26.2. The van der Waals surface area contributed by atoms with E-state index in [2.05, 4.69) is 0 Å². The second-order valence-electron chi connectivity index (χ2n) is 3.16. The maximum absolute atomic E-state index is 13.4. The molecule has 0 saturated carbocycles. The lowest BCUT2D eigenvalue weighted by atomic mass is 10.2. The summed E-state index contributed by atoms with van der Waals surface area (Å²) in [5.74, 6) is -2.41. The summed E-state index contributed by atoms with van der Waals surface area (Å²) in [7, 11) is 0. The molecule has 7 heteroatoms. The van der Waals surface area contributed by atoms with Crippen LogP contribution in [0.2, 0.25) is 5.02 Å². The monoisotopic (exact) mass is 246 g/mol. The number of hydrogen-bond donors (Lipinski definition) is 1. The number of benzene rings is 1. The second kappa shape index (κ2) is 3.71. The molecule has 1 heterocycles. The van der Waals surface area contributed by atoms with Crippen molar-refractivity contribution in [2.24, 2.45) is 0 Å². The van der Waals surface area contributed by atoms with E-state index >= 15 is 0 Å². The molecule has 0 radical (unpaired) electrons. The maximum Gasteiger partial charge on any atom is 0.329 e. The number of urea groups is 1. The van der Waals surface area contributed by atoms with Gasteiger partial charge in [0.15, 0.2) is 5.82 Å². The highest BCUT2D eigenvalue weighted by molar-refractivity contribution is 6.34. The summed E-state index contributed by atoms with van der Waals surface area (Å²) in [6.07, 6.45) is 0. The lowest BCUT2D eigenvalue weighted by Crippen LogP contribution is -2.29. The fraction of sp³-hybridized carbons (Fsp3) is 0.111. The average molecular weight is 247 g/mol. The Morgan fingerprint density at radius 1 is 1.31 bits per heavy atom. The molecular weight excluding hydrogens is 242 g/mol. The number of halogens is 3. The number of anilines is 1. The van der Waals surface area contributed by atoms with E-state index in [-0.39, 0.29) is 17.3 Å². The fourth-order valence-corrected chi connectivity index (χ4v) is 1.71. The summed E-state index contributed by atoms with van der Waals surface area (Å²) in [6.45, 7) is -0.332. The highest BCUT2D eigenvalue weighted by Crippen LogP contribution is 2.31. The lowest BCUT2D eigenvalue weighted by molar-refractivity contribution is -0.117. The molecule has 0 atom stereocenters. The standard InChI is InChI=1S/C9H5ClF2N2O2/c10-5-1-4(11)2-6(12)8(5)14-3-7(15)13-9(14)16/h1-2H,3H2,(H,13,15,16). The Hall–Kier alpha value is -1.69. The van der Waals surface area contributed by atoms with Gasteiger partial charge in [-0.25, -0.2) is 13.6 Å². The van der Waals surface area contributed by atoms with Crippen LogP contribution in [0.15, 0.2) is 12.1 Å². The van der Waals surface area contributed by atoms with Gasteiger partial charge in [-0.05, 0) is 6.07 Å². The van der Waals surface area contributed by atoms with Gasteiger partial charge in [-0.1, -0.05) is 11.6 Å². The third-order valence-corrected chi connectivity index (χ3v) is 2.33. The van der Waals surface area contributed by atoms with E-state index in [9.17, 15) is 18.4 Å². The van der Waals surface area contributed by atoms with Crippen LogP contribution in [0.3, 0.4) is 0 Å². The first-order chi connectivity index (χ1) is 7.49. The van der Waals surface area contributed by atoms with Crippen LogP contribution in [0.1, 0.15) is 0 Å². The van der Waals surface area contributed by atoms with Crippen molar-refractivity contribution in [3.63, 3.8) is 0 Å². The van der Waals surface area contributed by atoms with Crippen LogP contribution in [0.5, 0.6) is 0 Å². The van der Waals surface area contributed by atoms with Crippen LogP contribution >= 0.6 is 11.6 Å². The van der Waals surface area contributed by atoms with Gasteiger partial charge in [0.2, 0.25) is 5.91 Å². The summed E-state index contributed by atoms with van der Waals surface area (Å²) in [5.41, 5.74) is -0.300. The van der Waals surface area contributed by atoms with E-state index in [0.717, 1.165) is 11.0 Å². The summed E-state index contributed by atoms with van der Waals surface area (Å²) in [6, 6.07) is 0.685. The quantitative estimate of drug-likeness (QED) is 0.767. The zero-order valence-corrected chi connectivity index (χ0v) is 8.52. The number of carbonyl (C=O) groups is 2. The van der Waals surface area contributed by atoms with Gasteiger partial charge in [0.05, 0.1) is 5.02 Å². The molecule has 0 unspecified atom stereocenters. The van der Waals surface area contributed by atoms with Crippen LogP contribution in [0.25, 0.3) is 0 Å². The van der Waals surface area contributed by atoms with E-state index in [1.807, 2.05) is 5.32 Å². The Morgan fingerprint density at radius 2 is 2.00 bits per heavy atom. The van der Waals surface area contributed by atoms with E-state index in [4.69, 9.17) is 11.6 Å². The Morgan fingerprint density at radius 3 is 2.50 bits per heavy atom. The molecule has 0 spiro atoms. The van der Waals surface area contributed by atoms with Gasteiger partial charge in [-0.15, -0.1) is 0 Å². The molecule has 0 aliphatic carbocycles. The van der Waals surface area contributed by atoms with Crippen molar-refractivity contribution in [3.8, 4) is 0 Å². The largest absolute Gasteiger partial charge is 0.329 e. The fourth-order valence-electron chi connectivity index (χ4n) is 1.41. The summed E-state index contributed by atoms with van der Waals surface area (Å²) in [5, 5.41) is 1.70. The summed E-state index contributed by atoms with van der Waals surface area (Å²) in [4.78, 5) is 23.0. The molecule has 84 valence electrons.